The highest BCUT2D eigenvalue weighted by molar-refractivity contribution is 5.23. The van der Waals surface area contributed by atoms with E-state index in [4.69, 9.17) is 5.73 Å². The van der Waals surface area contributed by atoms with E-state index in [0.717, 1.165) is 17.7 Å². The SMILES string of the molecule is Nc1nccc(Cc2ccncc2)n1. The summed E-state index contributed by atoms with van der Waals surface area (Å²) in [5.41, 5.74) is 7.56. The van der Waals surface area contributed by atoms with Crippen LogP contribution >= 0.6 is 0 Å². The first-order valence-electron chi connectivity index (χ1n) is 4.31. The van der Waals surface area contributed by atoms with E-state index in [1.54, 1.807) is 18.6 Å². The number of nitrogen functional groups attached to an aromatic ring is 1. The maximum Gasteiger partial charge on any atom is 0.220 e. The minimum absolute atomic E-state index is 0.316. The molecule has 0 aliphatic heterocycles. The van der Waals surface area contributed by atoms with Gasteiger partial charge >= 0.3 is 0 Å². The molecule has 0 unspecified atom stereocenters. The van der Waals surface area contributed by atoms with Crippen molar-refractivity contribution in [2.75, 3.05) is 5.73 Å². The fraction of sp³-hybridized carbons (Fsp3) is 0.100. The second-order valence-corrected chi connectivity index (χ2v) is 2.94. The molecule has 2 N–H and O–H groups in total. The Morgan fingerprint density at radius 2 is 1.86 bits per heavy atom. The van der Waals surface area contributed by atoms with Crippen LogP contribution in [0.4, 0.5) is 5.95 Å². The molecular weight excluding hydrogens is 176 g/mol. The first kappa shape index (κ1) is 8.62. The van der Waals surface area contributed by atoms with E-state index in [1.807, 2.05) is 18.2 Å². The van der Waals surface area contributed by atoms with Crippen molar-refractivity contribution in [1.82, 2.24) is 15.0 Å². The average molecular weight is 186 g/mol. The van der Waals surface area contributed by atoms with Gasteiger partial charge in [0, 0.05) is 25.0 Å². The van der Waals surface area contributed by atoms with Crippen molar-refractivity contribution in [1.29, 1.82) is 0 Å². The molecule has 0 atom stereocenters. The summed E-state index contributed by atoms with van der Waals surface area (Å²) in [4.78, 5) is 11.9. The highest BCUT2D eigenvalue weighted by Gasteiger charge is 1.97. The Bertz CT molecular complexity index is 413. The molecule has 4 nitrogen and oxygen atoms in total. The molecule has 0 aliphatic carbocycles. The lowest BCUT2D eigenvalue weighted by atomic mass is 10.1. The van der Waals surface area contributed by atoms with E-state index in [9.17, 15) is 0 Å². The predicted molar refractivity (Wildman–Crippen MR) is 53.5 cm³/mol. The zero-order valence-electron chi connectivity index (χ0n) is 7.59. The van der Waals surface area contributed by atoms with Crippen molar-refractivity contribution in [2.24, 2.45) is 0 Å². The molecule has 0 radical (unpaired) electrons. The number of rotatable bonds is 2. The minimum Gasteiger partial charge on any atom is -0.368 e. The van der Waals surface area contributed by atoms with Crippen LogP contribution in [0.1, 0.15) is 11.3 Å². The van der Waals surface area contributed by atoms with Gasteiger partial charge in [0.25, 0.3) is 0 Å². The van der Waals surface area contributed by atoms with E-state index in [2.05, 4.69) is 15.0 Å². The Hall–Kier alpha value is -1.97. The highest BCUT2D eigenvalue weighted by Crippen LogP contribution is 2.05. The van der Waals surface area contributed by atoms with Crippen LogP contribution in [-0.4, -0.2) is 15.0 Å². The van der Waals surface area contributed by atoms with Gasteiger partial charge in [0.2, 0.25) is 5.95 Å². The fourth-order valence-corrected chi connectivity index (χ4v) is 1.22. The molecule has 14 heavy (non-hydrogen) atoms. The van der Waals surface area contributed by atoms with Crippen molar-refractivity contribution in [3.63, 3.8) is 0 Å². The standard InChI is InChI=1S/C10H10N4/c11-10-13-6-3-9(14-10)7-8-1-4-12-5-2-8/h1-6H,7H2,(H2,11,13,14). The van der Waals surface area contributed by atoms with Crippen LogP contribution in [-0.2, 0) is 6.42 Å². The molecule has 2 heterocycles. The molecule has 0 saturated carbocycles. The summed E-state index contributed by atoms with van der Waals surface area (Å²) in [7, 11) is 0. The summed E-state index contributed by atoms with van der Waals surface area (Å²) in [6, 6.07) is 5.77. The van der Waals surface area contributed by atoms with Crippen LogP contribution in [0.3, 0.4) is 0 Å². The van der Waals surface area contributed by atoms with Crippen LogP contribution in [0, 0.1) is 0 Å². The molecule has 70 valence electrons. The molecule has 2 rings (SSSR count). The number of hydrogen-bond acceptors (Lipinski definition) is 4. The van der Waals surface area contributed by atoms with Crippen molar-refractivity contribution in [3.05, 3.63) is 48.0 Å². The lowest BCUT2D eigenvalue weighted by Gasteiger charge is -2.00. The number of anilines is 1. The van der Waals surface area contributed by atoms with Gasteiger partial charge < -0.3 is 5.73 Å². The van der Waals surface area contributed by atoms with Gasteiger partial charge in [0.05, 0.1) is 5.69 Å². The van der Waals surface area contributed by atoms with Gasteiger partial charge in [-0.2, -0.15) is 0 Å². The molecule has 0 saturated heterocycles. The molecule has 0 fully saturated rings. The largest absolute Gasteiger partial charge is 0.368 e. The van der Waals surface area contributed by atoms with Gasteiger partial charge in [-0.15, -0.1) is 0 Å². The van der Waals surface area contributed by atoms with Gasteiger partial charge in [-0.3, -0.25) is 4.98 Å². The van der Waals surface area contributed by atoms with E-state index >= 15 is 0 Å². The summed E-state index contributed by atoms with van der Waals surface area (Å²) in [5.74, 6) is 0.316. The number of nitrogens with zero attached hydrogens (tertiary/aromatic N) is 3. The first-order chi connectivity index (χ1) is 6.84. The summed E-state index contributed by atoms with van der Waals surface area (Å²) in [5, 5.41) is 0. The van der Waals surface area contributed by atoms with Crippen molar-refractivity contribution in [2.45, 2.75) is 6.42 Å². The number of nitrogens with two attached hydrogens (primary N) is 1. The molecule has 2 aromatic heterocycles. The van der Waals surface area contributed by atoms with Gasteiger partial charge in [-0.1, -0.05) is 0 Å². The Labute approximate surface area is 81.9 Å². The Morgan fingerprint density at radius 3 is 2.57 bits per heavy atom. The third kappa shape index (κ3) is 2.04. The fourth-order valence-electron chi connectivity index (χ4n) is 1.22. The number of aromatic nitrogens is 3. The van der Waals surface area contributed by atoms with E-state index in [0.29, 0.717) is 5.95 Å². The summed E-state index contributed by atoms with van der Waals surface area (Å²) < 4.78 is 0. The summed E-state index contributed by atoms with van der Waals surface area (Å²) >= 11 is 0. The first-order valence-corrected chi connectivity index (χ1v) is 4.31. The zero-order valence-corrected chi connectivity index (χ0v) is 7.59. The van der Waals surface area contributed by atoms with E-state index in [-0.39, 0.29) is 0 Å². The zero-order chi connectivity index (χ0) is 9.80. The van der Waals surface area contributed by atoms with Crippen molar-refractivity contribution in [3.8, 4) is 0 Å². The van der Waals surface area contributed by atoms with Crippen molar-refractivity contribution >= 4 is 5.95 Å². The Kier molecular flexibility index (Phi) is 2.36. The summed E-state index contributed by atoms with van der Waals surface area (Å²) in [6.45, 7) is 0. The third-order valence-corrected chi connectivity index (χ3v) is 1.87. The smallest absolute Gasteiger partial charge is 0.220 e. The number of hydrogen-bond donors (Lipinski definition) is 1. The molecular formula is C10H10N4. The van der Waals surface area contributed by atoms with Gasteiger partial charge in [-0.25, -0.2) is 9.97 Å². The second-order valence-electron chi connectivity index (χ2n) is 2.94. The van der Waals surface area contributed by atoms with E-state index < -0.39 is 0 Å². The lowest BCUT2D eigenvalue weighted by Crippen LogP contribution is -1.98. The van der Waals surface area contributed by atoms with Crippen molar-refractivity contribution < 1.29 is 0 Å². The van der Waals surface area contributed by atoms with Gasteiger partial charge in [0.15, 0.2) is 0 Å². The van der Waals surface area contributed by atoms with Crippen LogP contribution in [0.2, 0.25) is 0 Å². The van der Waals surface area contributed by atoms with E-state index in [1.165, 1.54) is 0 Å². The monoisotopic (exact) mass is 186 g/mol. The summed E-state index contributed by atoms with van der Waals surface area (Å²) in [6.07, 6.45) is 5.95. The normalized spacial score (nSPS) is 10.0. The topological polar surface area (TPSA) is 64.7 Å². The molecule has 0 aliphatic rings. The van der Waals surface area contributed by atoms with Crippen LogP contribution in [0.5, 0.6) is 0 Å². The minimum atomic E-state index is 0.316. The van der Waals surface area contributed by atoms with Gasteiger partial charge in [0.1, 0.15) is 0 Å². The highest BCUT2D eigenvalue weighted by atomic mass is 15.0. The second kappa shape index (κ2) is 3.83. The molecule has 4 heteroatoms. The maximum absolute atomic E-state index is 5.48. The molecule has 0 aromatic carbocycles. The maximum atomic E-state index is 5.48. The lowest BCUT2D eigenvalue weighted by molar-refractivity contribution is 1.03. The molecule has 0 amide bonds. The third-order valence-electron chi connectivity index (χ3n) is 1.87. The van der Waals surface area contributed by atoms with Crippen LogP contribution in [0.25, 0.3) is 0 Å². The van der Waals surface area contributed by atoms with Gasteiger partial charge in [-0.05, 0) is 23.8 Å². The quantitative estimate of drug-likeness (QED) is 0.761. The Balaban J connectivity index is 2.19. The van der Waals surface area contributed by atoms with Crippen LogP contribution in [0.15, 0.2) is 36.8 Å². The average Bonchev–Trinajstić information content (AvgIpc) is 2.19. The molecule has 0 spiro atoms. The predicted octanol–water partition coefficient (Wildman–Crippen LogP) is 1.04. The van der Waals surface area contributed by atoms with Crippen LogP contribution < -0.4 is 5.73 Å². The number of pyridine rings is 1. The molecule has 0 bridgehead atoms. The Morgan fingerprint density at radius 1 is 1.07 bits per heavy atom. The molecule has 2 aromatic rings.